The van der Waals surface area contributed by atoms with Gasteiger partial charge in [-0.25, -0.2) is 0 Å². The SMILES string of the molecule is CNCc1ccncc1N1CCC(C)CC1C. The largest absolute Gasteiger partial charge is 0.367 e. The van der Waals surface area contributed by atoms with Crippen molar-refractivity contribution >= 4 is 5.69 Å². The van der Waals surface area contributed by atoms with Crippen LogP contribution in [-0.2, 0) is 6.54 Å². The number of nitrogens with one attached hydrogen (secondary N) is 1. The first kappa shape index (κ1) is 12.4. The zero-order valence-corrected chi connectivity index (χ0v) is 11.1. The first-order valence-electron chi connectivity index (χ1n) is 6.56. The molecule has 0 bridgehead atoms. The molecular formula is C14H23N3. The smallest absolute Gasteiger partial charge is 0.0600 e. The standard InChI is InChI=1S/C14H23N3/c1-11-5-7-17(12(2)8-11)14-10-16-6-4-13(14)9-15-3/h4,6,10-12,15H,5,7-9H2,1-3H3. The van der Waals surface area contributed by atoms with Gasteiger partial charge in [-0.3, -0.25) is 4.98 Å². The molecule has 0 aliphatic carbocycles. The normalized spacial score (nSPS) is 25.0. The van der Waals surface area contributed by atoms with Gasteiger partial charge in [0.15, 0.2) is 0 Å². The first-order valence-corrected chi connectivity index (χ1v) is 6.56. The Balaban J connectivity index is 2.21. The minimum atomic E-state index is 0.624. The summed E-state index contributed by atoms with van der Waals surface area (Å²) < 4.78 is 0. The number of hydrogen-bond acceptors (Lipinski definition) is 3. The van der Waals surface area contributed by atoms with E-state index in [2.05, 4.69) is 35.1 Å². The van der Waals surface area contributed by atoms with Crippen molar-refractivity contribution in [2.45, 2.75) is 39.3 Å². The molecular weight excluding hydrogens is 210 g/mol. The lowest BCUT2D eigenvalue weighted by Gasteiger charge is -2.39. The van der Waals surface area contributed by atoms with Crippen molar-refractivity contribution in [1.82, 2.24) is 10.3 Å². The van der Waals surface area contributed by atoms with Crippen LogP contribution in [0.3, 0.4) is 0 Å². The fraction of sp³-hybridized carbons (Fsp3) is 0.643. The van der Waals surface area contributed by atoms with Crippen LogP contribution in [0.5, 0.6) is 0 Å². The molecule has 1 saturated heterocycles. The lowest BCUT2D eigenvalue weighted by atomic mass is 9.92. The third-order valence-corrected chi connectivity index (χ3v) is 3.70. The average Bonchev–Trinajstić information content (AvgIpc) is 2.31. The molecule has 17 heavy (non-hydrogen) atoms. The summed E-state index contributed by atoms with van der Waals surface area (Å²) in [6.45, 7) is 6.75. The van der Waals surface area contributed by atoms with Crippen LogP contribution in [-0.4, -0.2) is 24.6 Å². The Bertz CT molecular complexity index is 364. The van der Waals surface area contributed by atoms with Crippen molar-refractivity contribution in [2.75, 3.05) is 18.5 Å². The number of aromatic nitrogens is 1. The van der Waals surface area contributed by atoms with E-state index >= 15 is 0 Å². The quantitative estimate of drug-likeness (QED) is 0.869. The minimum absolute atomic E-state index is 0.624. The number of anilines is 1. The van der Waals surface area contributed by atoms with Gasteiger partial charge in [0.05, 0.1) is 11.9 Å². The molecule has 0 spiro atoms. The molecule has 2 heterocycles. The maximum absolute atomic E-state index is 4.29. The second-order valence-corrected chi connectivity index (χ2v) is 5.21. The summed E-state index contributed by atoms with van der Waals surface area (Å²) in [7, 11) is 1.99. The molecule has 3 nitrogen and oxygen atoms in total. The third kappa shape index (κ3) is 2.78. The zero-order valence-electron chi connectivity index (χ0n) is 11.1. The van der Waals surface area contributed by atoms with Gasteiger partial charge in [-0.05, 0) is 44.4 Å². The van der Waals surface area contributed by atoms with E-state index in [0.29, 0.717) is 6.04 Å². The Morgan fingerprint density at radius 2 is 2.29 bits per heavy atom. The van der Waals surface area contributed by atoms with Crippen LogP contribution in [0.25, 0.3) is 0 Å². The summed E-state index contributed by atoms with van der Waals surface area (Å²) in [5.74, 6) is 0.852. The fourth-order valence-electron chi connectivity index (χ4n) is 2.78. The van der Waals surface area contributed by atoms with Crippen LogP contribution >= 0.6 is 0 Å². The highest BCUT2D eigenvalue weighted by Gasteiger charge is 2.24. The van der Waals surface area contributed by atoms with Crippen LogP contribution in [0.15, 0.2) is 18.5 Å². The van der Waals surface area contributed by atoms with Crippen molar-refractivity contribution in [1.29, 1.82) is 0 Å². The van der Waals surface area contributed by atoms with Crippen molar-refractivity contribution in [3.63, 3.8) is 0 Å². The Kier molecular flexibility index (Phi) is 4.00. The molecule has 1 N–H and O–H groups in total. The predicted octanol–water partition coefficient (Wildman–Crippen LogP) is 2.43. The molecule has 1 fully saturated rings. The van der Waals surface area contributed by atoms with E-state index in [-0.39, 0.29) is 0 Å². The van der Waals surface area contributed by atoms with E-state index in [1.54, 1.807) is 0 Å². The van der Waals surface area contributed by atoms with Crippen molar-refractivity contribution in [2.24, 2.45) is 5.92 Å². The molecule has 2 atom stereocenters. The van der Waals surface area contributed by atoms with Crippen LogP contribution in [0.4, 0.5) is 5.69 Å². The molecule has 2 rings (SSSR count). The fourth-order valence-corrected chi connectivity index (χ4v) is 2.78. The number of nitrogens with zero attached hydrogens (tertiary/aromatic N) is 2. The third-order valence-electron chi connectivity index (χ3n) is 3.70. The summed E-state index contributed by atoms with van der Waals surface area (Å²) >= 11 is 0. The number of pyridine rings is 1. The Morgan fingerprint density at radius 3 is 3.00 bits per heavy atom. The summed E-state index contributed by atoms with van der Waals surface area (Å²) in [6, 6.07) is 2.75. The Labute approximate surface area is 104 Å². The van der Waals surface area contributed by atoms with E-state index in [9.17, 15) is 0 Å². The van der Waals surface area contributed by atoms with Gasteiger partial charge < -0.3 is 10.2 Å². The molecule has 2 unspecified atom stereocenters. The molecule has 1 aliphatic rings. The molecule has 0 amide bonds. The minimum Gasteiger partial charge on any atom is -0.367 e. The van der Waals surface area contributed by atoms with Crippen molar-refractivity contribution in [3.8, 4) is 0 Å². The second kappa shape index (κ2) is 5.50. The molecule has 1 aromatic rings. The highest BCUT2D eigenvalue weighted by Crippen LogP contribution is 2.29. The lowest BCUT2D eigenvalue weighted by molar-refractivity contribution is 0.377. The first-order chi connectivity index (χ1) is 8.22. The van der Waals surface area contributed by atoms with Crippen LogP contribution in [0.1, 0.15) is 32.3 Å². The zero-order chi connectivity index (χ0) is 12.3. The summed E-state index contributed by atoms with van der Waals surface area (Å²) in [5.41, 5.74) is 2.66. The summed E-state index contributed by atoms with van der Waals surface area (Å²) in [6.07, 6.45) is 6.47. The van der Waals surface area contributed by atoms with E-state index in [1.165, 1.54) is 24.1 Å². The molecule has 1 aromatic heterocycles. The van der Waals surface area contributed by atoms with Crippen molar-refractivity contribution in [3.05, 3.63) is 24.0 Å². The van der Waals surface area contributed by atoms with Gasteiger partial charge in [-0.1, -0.05) is 6.92 Å². The number of piperidine rings is 1. The summed E-state index contributed by atoms with van der Waals surface area (Å²) in [5, 5.41) is 3.23. The highest BCUT2D eigenvalue weighted by molar-refractivity contribution is 5.52. The Morgan fingerprint density at radius 1 is 1.47 bits per heavy atom. The molecule has 1 aliphatic heterocycles. The molecule has 0 radical (unpaired) electrons. The van der Waals surface area contributed by atoms with Crippen LogP contribution < -0.4 is 10.2 Å². The molecule has 3 heteroatoms. The van der Waals surface area contributed by atoms with Gasteiger partial charge in [0.2, 0.25) is 0 Å². The van der Waals surface area contributed by atoms with Gasteiger partial charge >= 0.3 is 0 Å². The van der Waals surface area contributed by atoms with E-state index in [4.69, 9.17) is 0 Å². The molecule has 94 valence electrons. The van der Waals surface area contributed by atoms with Gasteiger partial charge in [-0.2, -0.15) is 0 Å². The maximum Gasteiger partial charge on any atom is 0.0600 e. The maximum atomic E-state index is 4.29. The highest BCUT2D eigenvalue weighted by atomic mass is 15.2. The topological polar surface area (TPSA) is 28.2 Å². The summed E-state index contributed by atoms with van der Waals surface area (Å²) in [4.78, 5) is 6.80. The van der Waals surface area contributed by atoms with E-state index in [1.807, 2.05) is 19.4 Å². The second-order valence-electron chi connectivity index (χ2n) is 5.21. The van der Waals surface area contributed by atoms with Crippen molar-refractivity contribution < 1.29 is 0 Å². The monoisotopic (exact) mass is 233 g/mol. The van der Waals surface area contributed by atoms with Gasteiger partial charge in [-0.15, -0.1) is 0 Å². The molecule has 0 saturated carbocycles. The van der Waals surface area contributed by atoms with E-state index < -0.39 is 0 Å². The predicted molar refractivity (Wildman–Crippen MR) is 72.2 cm³/mol. The van der Waals surface area contributed by atoms with Gasteiger partial charge in [0.1, 0.15) is 0 Å². The lowest BCUT2D eigenvalue weighted by Crippen LogP contribution is -2.41. The molecule has 0 aromatic carbocycles. The average molecular weight is 233 g/mol. The van der Waals surface area contributed by atoms with Gasteiger partial charge in [0, 0.05) is 25.3 Å². The van der Waals surface area contributed by atoms with Gasteiger partial charge in [0.25, 0.3) is 0 Å². The number of hydrogen-bond donors (Lipinski definition) is 1. The Hall–Kier alpha value is -1.09. The van der Waals surface area contributed by atoms with Crippen LogP contribution in [0.2, 0.25) is 0 Å². The van der Waals surface area contributed by atoms with Crippen LogP contribution in [0, 0.1) is 5.92 Å². The van der Waals surface area contributed by atoms with E-state index in [0.717, 1.165) is 19.0 Å². The number of rotatable bonds is 3.